The van der Waals surface area contributed by atoms with Gasteiger partial charge in [0.2, 0.25) is 17.7 Å². The normalized spacial score (nSPS) is 14.2. The number of phenolic OH excluding ortho intramolecular Hbond substituents is 1. The maximum Gasteiger partial charge on any atom is 0.325 e. The van der Waals surface area contributed by atoms with Crippen molar-refractivity contribution in [1.29, 1.82) is 0 Å². The summed E-state index contributed by atoms with van der Waals surface area (Å²) in [5.74, 6) is -3.12. The molecule has 4 atom stereocenters. The van der Waals surface area contributed by atoms with Crippen molar-refractivity contribution in [2.75, 3.05) is 0 Å². The van der Waals surface area contributed by atoms with Gasteiger partial charge in [0.25, 0.3) is 0 Å². The third kappa shape index (κ3) is 7.81. The summed E-state index contributed by atoms with van der Waals surface area (Å²) >= 11 is 0. The van der Waals surface area contributed by atoms with Crippen molar-refractivity contribution < 1.29 is 34.5 Å². The molecule has 0 fully saturated rings. The molecule has 3 rings (SSSR count). The fourth-order valence-electron chi connectivity index (χ4n) is 3.98. The minimum atomic E-state index is -1.23. The molecule has 1 heterocycles. The number of carboxylic acids is 1. The fraction of sp³-hybridized carbons (Fsp3) is 0.333. The van der Waals surface area contributed by atoms with E-state index in [1.165, 1.54) is 26.0 Å². The van der Waals surface area contributed by atoms with Gasteiger partial charge in [-0.2, -0.15) is 0 Å². The molecule has 202 valence electrons. The third-order valence-electron chi connectivity index (χ3n) is 5.97. The van der Waals surface area contributed by atoms with E-state index in [9.17, 15) is 34.5 Å². The van der Waals surface area contributed by atoms with Crippen molar-refractivity contribution in [3.05, 3.63) is 65.9 Å². The molecule has 0 spiro atoms. The number of hydrogen-bond donors (Lipinski definition) is 7. The summed E-state index contributed by atoms with van der Waals surface area (Å²) in [4.78, 5) is 53.4. The van der Waals surface area contributed by atoms with Crippen molar-refractivity contribution in [2.45, 2.75) is 57.3 Å². The highest BCUT2D eigenvalue weighted by molar-refractivity contribution is 5.94. The summed E-state index contributed by atoms with van der Waals surface area (Å²) in [6, 6.07) is 10.1. The minimum absolute atomic E-state index is 0.0379. The molecule has 3 amide bonds. The van der Waals surface area contributed by atoms with Crippen molar-refractivity contribution in [2.24, 2.45) is 0 Å². The molecular weight excluding hydrogens is 492 g/mol. The standard InChI is InChI=1S/C27H32N4O7/c1-15(32)11-24(34)30-22(12-17-7-9-19(33)10-8-17)26(36)31-23(25(35)29-16(2)27(37)38)13-18-14-28-21-6-4-3-5-20(18)21/h3-10,14-16,22-23,28,32-33H,11-13H2,1-2H3,(H,29,35)(H,30,34)(H,31,36)(H,37,38). The minimum Gasteiger partial charge on any atom is -0.508 e. The summed E-state index contributed by atoms with van der Waals surface area (Å²) in [7, 11) is 0. The number of nitrogens with one attached hydrogen (secondary N) is 4. The summed E-state index contributed by atoms with van der Waals surface area (Å²) in [5, 5.41) is 36.9. The zero-order chi connectivity index (χ0) is 27.8. The van der Waals surface area contributed by atoms with Crippen LogP contribution >= 0.6 is 0 Å². The molecule has 0 aliphatic rings. The number of aromatic hydroxyl groups is 1. The molecule has 0 bridgehead atoms. The molecule has 0 aliphatic heterocycles. The Balaban J connectivity index is 1.86. The van der Waals surface area contributed by atoms with Gasteiger partial charge in [-0.3, -0.25) is 19.2 Å². The number of amides is 3. The summed E-state index contributed by atoms with van der Waals surface area (Å²) in [6.07, 6.45) is 0.668. The maximum absolute atomic E-state index is 13.4. The van der Waals surface area contributed by atoms with E-state index >= 15 is 0 Å². The zero-order valence-electron chi connectivity index (χ0n) is 21.1. The highest BCUT2D eigenvalue weighted by atomic mass is 16.4. The Hall–Kier alpha value is -4.38. The SMILES string of the molecule is CC(O)CC(=O)NC(Cc1ccc(O)cc1)C(=O)NC(Cc1c[nH]c2ccccc12)C(=O)NC(C)C(=O)O. The second-order valence-electron chi connectivity index (χ2n) is 9.24. The van der Waals surface area contributed by atoms with Gasteiger partial charge in [-0.05, 0) is 43.2 Å². The van der Waals surface area contributed by atoms with Crippen molar-refractivity contribution in [3.63, 3.8) is 0 Å². The average Bonchev–Trinajstić information content (AvgIpc) is 3.26. The lowest BCUT2D eigenvalue weighted by atomic mass is 10.0. The Morgan fingerprint density at radius 1 is 0.868 bits per heavy atom. The lowest BCUT2D eigenvalue weighted by molar-refractivity contribution is -0.141. The number of aliphatic hydroxyl groups excluding tert-OH is 1. The molecule has 4 unspecified atom stereocenters. The molecule has 38 heavy (non-hydrogen) atoms. The number of aliphatic carboxylic acids is 1. The fourth-order valence-corrected chi connectivity index (χ4v) is 3.98. The predicted molar refractivity (Wildman–Crippen MR) is 139 cm³/mol. The average molecular weight is 525 g/mol. The predicted octanol–water partition coefficient (Wildman–Crippen LogP) is 0.988. The van der Waals surface area contributed by atoms with E-state index in [0.717, 1.165) is 16.5 Å². The molecule has 0 radical (unpaired) electrons. The first-order valence-corrected chi connectivity index (χ1v) is 12.2. The number of aliphatic hydroxyl groups is 1. The van der Waals surface area contributed by atoms with Gasteiger partial charge >= 0.3 is 5.97 Å². The molecule has 1 aromatic heterocycles. The van der Waals surface area contributed by atoms with Crippen molar-refractivity contribution in [1.82, 2.24) is 20.9 Å². The number of carbonyl (C=O) groups excluding carboxylic acids is 3. The van der Waals surface area contributed by atoms with Crippen LogP contribution in [0.2, 0.25) is 0 Å². The van der Waals surface area contributed by atoms with Crippen LogP contribution in [0.5, 0.6) is 5.75 Å². The van der Waals surface area contributed by atoms with E-state index in [-0.39, 0.29) is 25.0 Å². The highest BCUT2D eigenvalue weighted by Gasteiger charge is 2.29. The second kappa shape index (κ2) is 12.7. The van der Waals surface area contributed by atoms with E-state index in [1.54, 1.807) is 18.3 Å². The number of carboxylic acid groups (broad SMARTS) is 1. The molecule has 11 heteroatoms. The number of fused-ring (bicyclic) bond motifs is 1. The van der Waals surface area contributed by atoms with Crippen LogP contribution in [0.3, 0.4) is 0 Å². The van der Waals surface area contributed by atoms with Crippen LogP contribution in [0.4, 0.5) is 0 Å². The third-order valence-corrected chi connectivity index (χ3v) is 5.97. The summed E-state index contributed by atoms with van der Waals surface area (Å²) in [5.41, 5.74) is 2.21. The maximum atomic E-state index is 13.4. The van der Waals surface area contributed by atoms with E-state index in [0.29, 0.717) is 5.56 Å². The topological polar surface area (TPSA) is 181 Å². The molecule has 7 N–H and O–H groups in total. The Labute approximate surface area is 219 Å². The zero-order valence-corrected chi connectivity index (χ0v) is 21.1. The van der Waals surface area contributed by atoms with E-state index in [4.69, 9.17) is 0 Å². The lowest BCUT2D eigenvalue weighted by Crippen LogP contribution is -2.56. The van der Waals surface area contributed by atoms with Gasteiger partial charge in [0.1, 0.15) is 23.9 Å². The number of carbonyl (C=O) groups is 4. The van der Waals surface area contributed by atoms with Crippen LogP contribution in [0.1, 0.15) is 31.4 Å². The number of rotatable bonds is 12. The van der Waals surface area contributed by atoms with Gasteiger partial charge in [0, 0.05) is 29.9 Å². The van der Waals surface area contributed by atoms with Crippen LogP contribution in [-0.2, 0) is 32.0 Å². The Kier molecular flexibility index (Phi) is 9.44. The highest BCUT2D eigenvalue weighted by Crippen LogP contribution is 2.19. The van der Waals surface area contributed by atoms with E-state index < -0.39 is 47.9 Å². The molecule has 11 nitrogen and oxygen atoms in total. The van der Waals surface area contributed by atoms with Crippen LogP contribution in [-0.4, -0.2) is 68.2 Å². The lowest BCUT2D eigenvalue weighted by Gasteiger charge is -2.24. The first-order valence-electron chi connectivity index (χ1n) is 12.2. The summed E-state index contributed by atoms with van der Waals surface area (Å²) in [6.45, 7) is 2.76. The summed E-state index contributed by atoms with van der Waals surface area (Å²) < 4.78 is 0. The van der Waals surface area contributed by atoms with Gasteiger partial charge in [0.05, 0.1) is 12.5 Å². The smallest absolute Gasteiger partial charge is 0.325 e. The number of hydrogen-bond acceptors (Lipinski definition) is 6. The van der Waals surface area contributed by atoms with Crippen molar-refractivity contribution >= 4 is 34.6 Å². The number of phenols is 1. The number of para-hydroxylation sites is 1. The monoisotopic (exact) mass is 524 g/mol. The Morgan fingerprint density at radius 2 is 1.50 bits per heavy atom. The molecular formula is C27H32N4O7. The van der Waals surface area contributed by atoms with Gasteiger partial charge in [-0.15, -0.1) is 0 Å². The van der Waals surface area contributed by atoms with Gasteiger partial charge in [-0.1, -0.05) is 30.3 Å². The molecule has 2 aromatic carbocycles. The Bertz CT molecular complexity index is 1290. The first-order chi connectivity index (χ1) is 18.0. The quantitative estimate of drug-likeness (QED) is 0.184. The van der Waals surface area contributed by atoms with Crippen LogP contribution in [0, 0.1) is 0 Å². The number of aromatic amines is 1. The molecule has 0 saturated carbocycles. The number of H-pyrrole nitrogens is 1. The van der Waals surface area contributed by atoms with Gasteiger partial charge in [0.15, 0.2) is 0 Å². The van der Waals surface area contributed by atoms with Gasteiger partial charge < -0.3 is 36.3 Å². The number of benzene rings is 2. The first kappa shape index (κ1) is 28.2. The molecule has 0 aliphatic carbocycles. The number of aromatic nitrogens is 1. The van der Waals surface area contributed by atoms with Crippen LogP contribution in [0.25, 0.3) is 10.9 Å². The van der Waals surface area contributed by atoms with E-state index in [2.05, 4.69) is 20.9 Å². The molecule has 3 aromatic rings. The van der Waals surface area contributed by atoms with Crippen LogP contribution in [0.15, 0.2) is 54.7 Å². The van der Waals surface area contributed by atoms with Gasteiger partial charge in [-0.25, -0.2) is 0 Å². The van der Waals surface area contributed by atoms with Crippen molar-refractivity contribution in [3.8, 4) is 5.75 Å². The largest absolute Gasteiger partial charge is 0.508 e. The van der Waals surface area contributed by atoms with E-state index in [1.807, 2.05) is 24.3 Å². The Morgan fingerprint density at radius 3 is 2.16 bits per heavy atom. The second-order valence-corrected chi connectivity index (χ2v) is 9.24. The molecule has 0 saturated heterocycles. The van der Waals surface area contributed by atoms with Crippen LogP contribution < -0.4 is 16.0 Å².